The van der Waals surface area contributed by atoms with Crippen molar-refractivity contribution in [2.75, 3.05) is 4.90 Å². The van der Waals surface area contributed by atoms with E-state index in [0.717, 1.165) is 21.5 Å². The largest absolute Gasteiger partial charge is 0.507 e. The second-order valence-corrected chi connectivity index (χ2v) is 9.77. The van der Waals surface area contributed by atoms with E-state index < -0.39 is 17.7 Å². The third kappa shape index (κ3) is 3.43. The summed E-state index contributed by atoms with van der Waals surface area (Å²) in [6, 6.07) is 15.5. The molecule has 1 fully saturated rings. The van der Waals surface area contributed by atoms with Crippen LogP contribution in [0, 0.1) is 0 Å². The molecule has 1 saturated heterocycles. The number of thiazole rings is 1. The molecule has 0 saturated carbocycles. The van der Waals surface area contributed by atoms with E-state index in [0.29, 0.717) is 15.7 Å². The first-order valence-electron chi connectivity index (χ1n) is 9.97. The van der Waals surface area contributed by atoms with Crippen molar-refractivity contribution in [3.05, 3.63) is 86.6 Å². The number of carbonyl (C=O) groups excluding carboxylic acids is 2. The van der Waals surface area contributed by atoms with Gasteiger partial charge in [-0.1, -0.05) is 42.0 Å². The predicted molar refractivity (Wildman–Crippen MR) is 130 cm³/mol. The number of anilines is 1. The lowest BCUT2D eigenvalue weighted by Crippen LogP contribution is -2.28. The zero-order valence-corrected chi connectivity index (χ0v) is 19.3. The normalized spacial score (nSPS) is 18.1. The van der Waals surface area contributed by atoms with E-state index in [4.69, 9.17) is 11.6 Å². The summed E-state index contributed by atoms with van der Waals surface area (Å²) < 4.78 is 0.948. The first-order valence-corrected chi connectivity index (χ1v) is 12.0. The molecule has 5 rings (SSSR count). The SMILES string of the molecule is CCc1ccc2nc(N3C(=O)C(=O)/C(=C(/O)c4ccc(Cl)cc4)[C@@H]3c3cccs3)sc2c1. The molecule has 8 heteroatoms. The Hall–Kier alpha value is -3.00. The second-order valence-electron chi connectivity index (χ2n) is 7.34. The molecule has 2 aromatic carbocycles. The van der Waals surface area contributed by atoms with E-state index in [1.165, 1.54) is 33.1 Å². The Morgan fingerprint density at radius 3 is 2.62 bits per heavy atom. The molecule has 160 valence electrons. The fourth-order valence-corrected chi connectivity index (χ4v) is 5.79. The Balaban J connectivity index is 1.69. The number of fused-ring (bicyclic) bond motifs is 1. The summed E-state index contributed by atoms with van der Waals surface area (Å²) in [5.41, 5.74) is 2.41. The Morgan fingerprint density at radius 2 is 1.94 bits per heavy atom. The molecule has 1 N–H and O–H groups in total. The van der Waals surface area contributed by atoms with Gasteiger partial charge in [-0.05, 0) is 59.8 Å². The quantitative estimate of drug-likeness (QED) is 0.214. The Bertz CT molecular complexity index is 1370. The highest BCUT2D eigenvalue weighted by Gasteiger charge is 2.48. The Labute approximate surface area is 197 Å². The van der Waals surface area contributed by atoms with Crippen LogP contribution in [0.3, 0.4) is 0 Å². The maximum atomic E-state index is 13.2. The van der Waals surface area contributed by atoms with Gasteiger partial charge in [0, 0.05) is 15.5 Å². The maximum Gasteiger partial charge on any atom is 0.301 e. The standard InChI is InChI=1S/C24H17ClN2O3S2/c1-2-13-5-10-16-18(12-13)32-24(26-16)27-20(17-4-3-11-31-17)19(22(29)23(27)30)21(28)14-6-8-15(25)9-7-14/h3-12,20,28H,2H2,1H3/b21-19+/t20-/m0/s1. The van der Waals surface area contributed by atoms with Gasteiger partial charge in [0.25, 0.3) is 5.78 Å². The monoisotopic (exact) mass is 480 g/mol. The highest BCUT2D eigenvalue weighted by Crippen LogP contribution is 2.45. The molecule has 1 atom stereocenters. The van der Waals surface area contributed by atoms with Crippen molar-refractivity contribution in [3.63, 3.8) is 0 Å². The fourth-order valence-electron chi connectivity index (χ4n) is 3.79. The van der Waals surface area contributed by atoms with Crippen LogP contribution >= 0.6 is 34.3 Å². The number of carbonyl (C=O) groups is 2. The number of aliphatic hydroxyl groups excluding tert-OH is 1. The van der Waals surface area contributed by atoms with Gasteiger partial charge in [-0.3, -0.25) is 14.5 Å². The first kappa shape index (κ1) is 20.9. The van der Waals surface area contributed by atoms with Crippen LogP contribution in [0.15, 0.2) is 65.6 Å². The average molecular weight is 481 g/mol. The van der Waals surface area contributed by atoms with Gasteiger partial charge in [0.05, 0.1) is 15.8 Å². The highest BCUT2D eigenvalue weighted by atomic mass is 35.5. The van der Waals surface area contributed by atoms with Crippen molar-refractivity contribution >= 4 is 67.1 Å². The van der Waals surface area contributed by atoms with Crippen molar-refractivity contribution in [1.82, 2.24) is 4.98 Å². The number of aliphatic hydroxyl groups is 1. The number of amides is 1. The topological polar surface area (TPSA) is 70.5 Å². The Morgan fingerprint density at radius 1 is 1.16 bits per heavy atom. The molecule has 5 nitrogen and oxygen atoms in total. The number of hydrogen-bond donors (Lipinski definition) is 1. The van der Waals surface area contributed by atoms with Gasteiger partial charge in [-0.25, -0.2) is 4.98 Å². The summed E-state index contributed by atoms with van der Waals surface area (Å²) in [5.74, 6) is -1.66. The van der Waals surface area contributed by atoms with Crippen LogP contribution in [0.25, 0.3) is 16.0 Å². The molecule has 2 aromatic heterocycles. The number of halogens is 1. The molecule has 1 aliphatic rings. The molecule has 0 aliphatic carbocycles. The van der Waals surface area contributed by atoms with Gasteiger partial charge in [0.2, 0.25) is 0 Å². The second kappa shape index (κ2) is 8.16. The summed E-state index contributed by atoms with van der Waals surface area (Å²) in [5, 5.41) is 13.9. The summed E-state index contributed by atoms with van der Waals surface area (Å²) in [6.45, 7) is 2.08. The van der Waals surface area contributed by atoms with Gasteiger partial charge in [0.15, 0.2) is 5.13 Å². The third-order valence-electron chi connectivity index (χ3n) is 5.43. The molecule has 1 amide bonds. The van der Waals surface area contributed by atoms with Gasteiger partial charge >= 0.3 is 5.91 Å². The maximum absolute atomic E-state index is 13.2. The molecule has 3 heterocycles. The summed E-state index contributed by atoms with van der Waals surface area (Å²) in [7, 11) is 0. The summed E-state index contributed by atoms with van der Waals surface area (Å²) in [4.78, 5) is 33.2. The number of aromatic nitrogens is 1. The van der Waals surface area contributed by atoms with E-state index in [9.17, 15) is 14.7 Å². The van der Waals surface area contributed by atoms with Crippen molar-refractivity contribution in [1.29, 1.82) is 0 Å². The highest BCUT2D eigenvalue weighted by molar-refractivity contribution is 7.22. The van der Waals surface area contributed by atoms with Crippen LogP contribution < -0.4 is 4.90 Å². The molecule has 32 heavy (non-hydrogen) atoms. The van der Waals surface area contributed by atoms with Crippen LogP contribution in [0.5, 0.6) is 0 Å². The van der Waals surface area contributed by atoms with Gasteiger partial charge in [-0.2, -0.15) is 0 Å². The smallest absolute Gasteiger partial charge is 0.301 e. The van der Waals surface area contributed by atoms with Crippen LogP contribution in [-0.2, 0) is 16.0 Å². The first-order chi connectivity index (χ1) is 15.5. The number of hydrogen-bond acceptors (Lipinski definition) is 6. The fraction of sp³-hybridized carbons (Fsp3) is 0.125. The van der Waals surface area contributed by atoms with Gasteiger partial charge in [0.1, 0.15) is 11.8 Å². The van der Waals surface area contributed by atoms with Crippen LogP contribution in [-0.4, -0.2) is 21.8 Å². The van der Waals surface area contributed by atoms with Crippen LogP contribution in [0.2, 0.25) is 5.02 Å². The number of nitrogens with zero attached hydrogens (tertiary/aromatic N) is 2. The number of ketones is 1. The minimum absolute atomic E-state index is 0.0493. The molecule has 0 unspecified atom stereocenters. The third-order valence-corrected chi connectivity index (χ3v) is 7.62. The number of Topliss-reactive ketones (excluding diaryl/α,β-unsaturated/α-hetero) is 1. The lowest BCUT2D eigenvalue weighted by Gasteiger charge is -2.21. The Kier molecular flexibility index (Phi) is 5.33. The number of aryl methyl sites for hydroxylation is 1. The van der Waals surface area contributed by atoms with Crippen molar-refractivity contribution in [2.45, 2.75) is 19.4 Å². The van der Waals surface area contributed by atoms with E-state index >= 15 is 0 Å². The zero-order chi connectivity index (χ0) is 22.4. The van der Waals surface area contributed by atoms with E-state index in [2.05, 4.69) is 18.0 Å². The molecule has 0 radical (unpaired) electrons. The summed E-state index contributed by atoms with van der Waals surface area (Å²) in [6.07, 6.45) is 0.893. The van der Waals surface area contributed by atoms with E-state index in [1.807, 2.05) is 29.6 Å². The minimum atomic E-state index is -0.753. The summed E-state index contributed by atoms with van der Waals surface area (Å²) >= 11 is 8.75. The molecular weight excluding hydrogens is 464 g/mol. The predicted octanol–water partition coefficient (Wildman–Crippen LogP) is 6.20. The number of thiophene rings is 1. The number of rotatable bonds is 4. The molecular formula is C24H17ClN2O3S2. The van der Waals surface area contributed by atoms with Gasteiger partial charge in [-0.15, -0.1) is 11.3 Å². The van der Waals surface area contributed by atoms with Crippen molar-refractivity contribution < 1.29 is 14.7 Å². The molecule has 1 aliphatic heterocycles. The van der Waals surface area contributed by atoms with Crippen molar-refractivity contribution in [2.24, 2.45) is 0 Å². The average Bonchev–Trinajstić information content (AvgIpc) is 3.52. The zero-order valence-electron chi connectivity index (χ0n) is 16.9. The van der Waals surface area contributed by atoms with Crippen LogP contribution in [0.1, 0.15) is 29.0 Å². The molecule has 0 bridgehead atoms. The van der Waals surface area contributed by atoms with E-state index in [1.54, 1.807) is 24.3 Å². The lowest BCUT2D eigenvalue weighted by atomic mass is 10.00. The molecule has 4 aromatic rings. The van der Waals surface area contributed by atoms with E-state index in [-0.39, 0.29) is 11.3 Å². The minimum Gasteiger partial charge on any atom is -0.507 e. The lowest BCUT2D eigenvalue weighted by molar-refractivity contribution is -0.132. The van der Waals surface area contributed by atoms with Crippen molar-refractivity contribution in [3.8, 4) is 0 Å². The van der Waals surface area contributed by atoms with Gasteiger partial charge < -0.3 is 5.11 Å². The molecule has 0 spiro atoms. The van der Waals surface area contributed by atoms with Crippen LogP contribution in [0.4, 0.5) is 5.13 Å². The number of benzene rings is 2.